The van der Waals surface area contributed by atoms with E-state index in [-0.39, 0.29) is 17.6 Å². The van der Waals surface area contributed by atoms with Gasteiger partial charge in [-0.2, -0.15) is 4.68 Å². The molecule has 134 valence electrons. The van der Waals surface area contributed by atoms with E-state index in [1.807, 2.05) is 84.5 Å². The van der Waals surface area contributed by atoms with Crippen LogP contribution >= 0.6 is 0 Å². The van der Waals surface area contributed by atoms with Crippen molar-refractivity contribution in [1.29, 1.82) is 0 Å². The van der Waals surface area contributed by atoms with Gasteiger partial charge >= 0.3 is 0 Å². The lowest BCUT2D eigenvalue weighted by molar-refractivity contribution is 0.0934. The van der Waals surface area contributed by atoms with Gasteiger partial charge in [-0.25, -0.2) is 0 Å². The van der Waals surface area contributed by atoms with Crippen LogP contribution < -0.4 is 5.32 Å². The lowest BCUT2D eigenvalue weighted by atomic mass is 10.2. The average Bonchev–Trinajstić information content (AvgIpc) is 3.38. The maximum absolute atomic E-state index is 12.9. The standard InChI is InChI=1S/C20H18N6O/c1-15(17-11-5-6-12-21-17)22-19(27)18-20(25-13-7-8-14-25)26(24-23-18)16-9-3-2-4-10-16/h2-15H,1H3,(H,22,27). The highest BCUT2D eigenvalue weighted by Gasteiger charge is 2.23. The Labute approximate surface area is 156 Å². The van der Waals surface area contributed by atoms with E-state index < -0.39 is 0 Å². The van der Waals surface area contributed by atoms with Gasteiger partial charge in [0.2, 0.25) is 0 Å². The molecule has 3 aromatic heterocycles. The summed E-state index contributed by atoms with van der Waals surface area (Å²) in [5, 5.41) is 11.3. The number of carbonyl (C=O) groups excluding carboxylic acids is 1. The first-order chi connectivity index (χ1) is 13.2. The van der Waals surface area contributed by atoms with E-state index in [0.29, 0.717) is 5.82 Å². The summed E-state index contributed by atoms with van der Waals surface area (Å²) in [6, 6.07) is 18.7. The molecule has 3 heterocycles. The van der Waals surface area contributed by atoms with Crippen molar-refractivity contribution in [3.05, 3.63) is 90.6 Å². The lowest BCUT2D eigenvalue weighted by Crippen LogP contribution is -2.28. The van der Waals surface area contributed by atoms with Crippen LogP contribution in [0.3, 0.4) is 0 Å². The molecule has 0 fully saturated rings. The molecule has 1 atom stereocenters. The minimum absolute atomic E-state index is 0.248. The molecule has 7 nitrogen and oxygen atoms in total. The number of aromatic nitrogens is 5. The number of rotatable bonds is 5. The van der Waals surface area contributed by atoms with Crippen molar-refractivity contribution < 1.29 is 4.79 Å². The van der Waals surface area contributed by atoms with Crippen LogP contribution in [-0.4, -0.2) is 30.5 Å². The number of pyridine rings is 1. The monoisotopic (exact) mass is 358 g/mol. The molecule has 1 aromatic carbocycles. The number of hydrogen-bond donors (Lipinski definition) is 1. The molecule has 1 N–H and O–H groups in total. The third kappa shape index (κ3) is 3.35. The van der Waals surface area contributed by atoms with Crippen molar-refractivity contribution >= 4 is 5.91 Å². The molecule has 0 saturated heterocycles. The predicted molar refractivity (Wildman–Crippen MR) is 101 cm³/mol. The highest BCUT2D eigenvalue weighted by molar-refractivity contribution is 5.95. The fourth-order valence-corrected chi connectivity index (χ4v) is 2.85. The predicted octanol–water partition coefficient (Wildman–Crippen LogP) is 2.94. The Balaban J connectivity index is 1.71. The highest BCUT2D eigenvalue weighted by atomic mass is 16.2. The van der Waals surface area contributed by atoms with Gasteiger partial charge in [0.05, 0.1) is 17.4 Å². The smallest absolute Gasteiger partial charge is 0.276 e. The maximum Gasteiger partial charge on any atom is 0.276 e. The topological polar surface area (TPSA) is 77.6 Å². The van der Waals surface area contributed by atoms with Crippen LogP contribution in [0, 0.1) is 0 Å². The summed E-state index contributed by atoms with van der Waals surface area (Å²) < 4.78 is 3.48. The first kappa shape index (κ1) is 16.7. The summed E-state index contributed by atoms with van der Waals surface area (Å²) in [6.07, 6.45) is 5.42. The summed E-state index contributed by atoms with van der Waals surface area (Å²) in [4.78, 5) is 17.2. The first-order valence-corrected chi connectivity index (χ1v) is 8.60. The van der Waals surface area contributed by atoms with Crippen LogP contribution in [0.1, 0.15) is 29.1 Å². The summed E-state index contributed by atoms with van der Waals surface area (Å²) in [5.74, 6) is 0.274. The zero-order valence-electron chi connectivity index (χ0n) is 14.7. The largest absolute Gasteiger partial charge is 0.342 e. The molecule has 0 aliphatic rings. The normalized spacial score (nSPS) is 11.9. The van der Waals surface area contributed by atoms with E-state index in [9.17, 15) is 4.79 Å². The molecular formula is C20H18N6O. The summed E-state index contributed by atoms with van der Waals surface area (Å²) >= 11 is 0. The molecule has 4 aromatic rings. The van der Waals surface area contributed by atoms with Crippen molar-refractivity contribution in [3.8, 4) is 11.5 Å². The molecule has 0 saturated carbocycles. The quantitative estimate of drug-likeness (QED) is 0.595. The number of nitrogens with zero attached hydrogens (tertiary/aromatic N) is 5. The van der Waals surface area contributed by atoms with E-state index in [1.165, 1.54) is 0 Å². The second-order valence-corrected chi connectivity index (χ2v) is 6.05. The van der Waals surface area contributed by atoms with Crippen molar-refractivity contribution in [2.75, 3.05) is 0 Å². The molecule has 0 spiro atoms. The van der Waals surface area contributed by atoms with Gasteiger partial charge in [0.25, 0.3) is 5.91 Å². The first-order valence-electron chi connectivity index (χ1n) is 8.60. The van der Waals surface area contributed by atoms with Gasteiger partial charge in [-0.15, -0.1) is 5.10 Å². The van der Waals surface area contributed by atoms with Crippen molar-refractivity contribution in [1.82, 2.24) is 29.9 Å². The third-order valence-corrected chi connectivity index (χ3v) is 4.19. The molecule has 0 aliphatic heterocycles. The van der Waals surface area contributed by atoms with Gasteiger partial charge in [0.1, 0.15) is 0 Å². The van der Waals surface area contributed by atoms with Crippen LogP contribution in [0.15, 0.2) is 79.3 Å². The Morgan fingerprint density at radius 2 is 1.74 bits per heavy atom. The van der Waals surface area contributed by atoms with E-state index in [4.69, 9.17) is 0 Å². The number of amides is 1. The van der Waals surface area contributed by atoms with Crippen LogP contribution in [0.4, 0.5) is 0 Å². The van der Waals surface area contributed by atoms with Gasteiger partial charge in [0, 0.05) is 18.6 Å². The fourth-order valence-electron chi connectivity index (χ4n) is 2.85. The number of benzene rings is 1. The molecule has 1 amide bonds. The van der Waals surface area contributed by atoms with Crippen LogP contribution in [0.25, 0.3) is 11.5 Å². The van der Waals surface area contributed by atoms with Crippen molar-refractivity contribution in [2.45, 2.75) is 13.0 Å². The second kappa shape index (κ2) is 7.25. The minimum atomic E-state index is -0.306. The van der Waals surface area contributed by atoms with Crippen molar-refractivity contribution in [2.24, 2.45) is 0 Å². The van der Waals surface area contributed by atoms with E-state index in [1.54, 1.807) is 10.9 Å². The molecule has 27 heavy (non-hydrogen) atoms. The fraction of sp³-hybridized carbons (Fsp3) is 0.100. The molecule has 1 unspecified atom stereocenters. The average molecular weight is 358 g/mol. The van der Waals surface area contributed by atoms with Crippen LogP contribution in [0.5, 0.6) is 0 Å². The van der Waals surface area contributed by atoms with Crippen LogP contribution in [0.2, 0.25) is 0 Å². The highest BCUT2D eigenvalue weighted by Crippen LogP contribution is 2.19. The SMILES string of the molecule is CC(NC(=O)c1nnn(-c2ccccc2)c1-n1cccc1)c1ccccn1. The maximum atomic E-state index is 12.9. The zero-order chi connectivity index (χ0) is 18.6. The van der Waals surface area contributed by atoms with Gasteiger partial charge in [-0.1, -0.05) is 29.5 Å². The summed E-state index contributed by atoms with van der Waals surface area (Å²) in [5.41, 5.74) is 1.85. The molecule has 0 bridgehead atoms. The van der Waals surface area contributed by atoms with Gasteiger partial charge < -0.3 is 9.88 Å². The Morgan fingerprint density at radius 3 is 2.44 bits per heavy atom. The number of hydrogen-bond acceptors (Lipinski definition) is 4. The Kier molecular flexibility index (Phi) is 4.49. The van der Waals surface area contributed by atoms with E-state index >= 15 is 0 Å². The minimum Gasteiger partial charge on any atom is -0.342 e. The Morgan fingerprint density at radius 1 is 1.00 bits per heavy atom. The van der Waals surface area contributed by atoms with Gasteiger partial charge in [-0.3, -0.25) is 9.78 Å². The Bertz CT molecular complexity index is 1030. The van der Waals surface area contributed by atoms with Gasteiger partial charge in [-0.05, 0) is 43.3 Å². The Hall–Kier alpha value is -3.74. The summed E-state index contributed by atoms with van der Waals surface area (Å²) in [7, 11) is 0. The van der Waals surface area contributed by atoms with E-state index in [0.717, 1.165) is 11.4 Å². The van der Waals surface area contributed by atoms with Crippen molar-refractivity contribution in [3.63, 3.8) is 0 Å². The van der Waals surface area contributed by atoms with E-state index in [2.05, 4.69) is 20.6 Å². The number of nitrogens with one attached hydrogen (secondary N) is 1. The molecule has 4 rings (SSSR count). The van der Waals surface area contributed by atoms with Crippen LogP contribution in [-0.2, 0) is 0 Å². The number of carbonyl (C=O) groups is 1. The zero-order valence-corrected chi connectivity index (χ0v) is 14.7. The molecule has 0 radical (unpaired) electrons. The molecule has 7 heteroatoms. The number of para-hydroxylation sites is 1. The summed E-state index contributed by atoms with van der Waals surface area (Å²) in [6.45, 7) is 1.89. The third-order valence-electron chi connectivity index (χ3n) is 4.19. The second-order valence-electron chi connectivity index (χ2n) is 6.05. The molecular weight excluding hydrogens is 340 g/mol. The molecule has 0 aliphatic carbocycles. The van der Waals surface area contributed by atoms with Gasteiger partial charge in [0.15, 0.2) is 11.5 Å². The lowest BCUT2D eigenvalue weighted by Gasteiger charge is -2.13.